The van der Waals surface area contributed by atoms with Crippen molar-refractivity contribution in [2.75, 3.05) is 63.9 Å². The molecule has 2 saturated heterocycles. The molecule has 2 amide bonds. The van der Waals surface area contributed by atoms with Crippen molar-refractivity contribution in [1.29, 1.82) is 0 Å². The van der Waals surface area contributed by atoms with Crippen molar-refractivity contribution >= 4 is 11.7 Å². The van der Waals surface area contributed by atoms with Gasteiger partial charge < -0.3 is 19.9 Å². The Morgan fingerprint density at radius 2 is 1.77 bits per heavy atom. The van der Waals surface area contributed by atoms with Gasteiger partial charge in [-0.1, -0.05) is 19.9 Å². The van der Waals surface area contributed by atoms with Crippen LogP contribution in [0.25, 0.3) is 0 Å². The van der Waals surface area contributed by atoms with Gasteiger partial charge in [-0.15, -0.1) is 0 Å². The largest absolute Gasteiger partial charge is 0.416 e. The van der Waals surface area contributed by atoms with Crippen molar-refractivity contribution in [3.8, 4) is 0 Å². The van der Waals surface area contributed by atoms with Crippen molar-refractivity contribution in [3.63, 3.8) is 0 Å². The van der Waals surface area contributed by atoms with Gasteiger partial charge in [0.15, 0.2) is 0 Å². The lowest BCUT2D eigenvalue weighted by atomic mass is 10.0. The molecule has 30 heavy (non-hydrogen) atoms. The molecule has 1 aromatic rings. The predicted octanol–water partition coefficient (Wildman–Crippen LogP) is 2.89. The first-order valence-corrected chi connectivity index (χ1v) is 10.5. The number of amides is 2. The fraction of sp³-hybridized carbons (Fsp3) is 0.667. The molecule has 0 radical (unpaired) electrons. The lowest BCUT2D eigenvalue weighted by molar-refractivity contribution is -0.137. The maximum Gasteiger partial charge on any atom is 0.416 e. The van der Waals surface area contributed by atoms with Crippen LogP contribution in [0.1, 0.15) is 19.4 Å². The number of carbonyl (C=O) groups is 1. The number of anilines is 1. The Morgan fingerprint density at radius 1 is 1.10 bits per heavy atom. The maximum atomic E-state index is 13.0. The van der Waals surface area contributed by atoms with E-state index in [1.807, 2.05) is 4.90 Å². The normalized spacial score (nSPS) is 19.8. The number of nitrogens with zero attached hydrogens (tertiary/aromatic N) is 3. The van der Waals surface area contributed by atoms with Crippen LogP contribution < -0.4 is 10.2 Å². The molecule has 2 aliphatic rings. The zero-order chi connectivity index (χ0) is 21.7. The number of nitrogens with one attached hydrogen (secondary N) is 1. The number of ether oxygens (including phenoxy) is 1. The number of halogens is 3. The summed E-state index contributed by atoms with van der Waals surface area (Å²) in [5.74, 6) is 0.404. The molecule has 0 spiro atoms. The molecule has 1 N–H and O–H groups in total. The summed E-state index contributed by atoms with van der Waals surface area (Å²) in [6.45, 7) is 10.0. The molecule has 2 aliphatic heterocycles. The maximum absolute atomic E-state index is 13.0. The number of rotatable bonds is 5. The van der Waals surface area contributed by atoms with E-state index in [1.54, 1.807) is 11.0 Å². The van der Waals surface area contributed by atoms with Gasteiger partial charge in [0.1, 0.15) is 0 Å². The lowest BCUT2D eigenvalue weighted by Crippen LogP contribution is -2.55. The highest BCUT2D eigenvalue weighted by Crippen LogP contribution is 2.31. The molecule has 6 nitrogen and oxygen atoms in total. The van der Waals surface area contributed by atoms with Crippen LogP contribution in [-0.2, 0) is 10.9 Å². The molecule has 0 aliphatic carbocycles. The molecule has 3 rings (SSSR count). The predicted molar refractivity (Wildman–Crippen MR) is 110 cm³/mol. The van der Waals surface area contributed by atoms with Crippen LogP contribution in [0.3, 0.4) is 0 Å². The fourth-order valence-corrected chi connectivity index (χ4v) is 4.05. The number of benzene rings is 1. The van der Waals surface area contributed by atoms with Gasteiger partial charge in [-0.05, 0) is 24.1 Å². The van der Waals surface area contributed by atoms with Gasteiger partial charge >= 0.3 is 12.2 Å². The summed E-state index contributed by atoms with van der Waals surface area (Å²) in [5.41, 5.74) is -0.111. The van der Waals surface area contributed by atoms with Gasteiger partial charge in [-0.2, -0.15) is 13.2 Å². The molecule has 1 atom stereocenters. The van der Waals surface area contributed by atoms with Crippen LogP contribution in [0.5, 0.6) is 0 Å². The molecule has 1 aromatic carbocycles. The highest BCUT2D eigenvalue weighted by molar-refractivity contribution is 5.74. The minimum absolute atomic E-state index is 0.113. The van der Waals surface area contributed by atoms with E-state index in [4.69, 9.17) is 4.74 Å². The Morgan fingerprint density at radius 3 is 2.37 bits per heavy atom. The van der Waals surface area contributed by atoms with E-state index in [0.29, 0.717) is 57.5 Å². The minimum Gasteiger partial charge on any atom is -0.379 e. The second-order valence-electron chi connectivity index (χ2n) is 8.17. The highest BCUT2D eigenvalue weighted by Gasteiger charge is 2.31. The van der Waals surface area contributed by atoms with Crippen molar-refractivity contribution < 1.29 is 22.7 Å². The lowest BCUT2D eigenvalue weighted by Gasteiger charge is -2.39. The van der Waals surface area contributed by atoms with Crippen molar-refractivity contribution in [3.05, 3.63) is 29.8 Å². The Kier molecular flexibility index (Phi) is 7.46. The molecule has 1 unspecified atom stereocenters. The summed E-state index contributed by atoms with van der Waals surface area (Å²) in [5, 5.41) is 3.05. The zero-order valence-corrected chi connectivity index (χ0v) is 17.6. The van der Waals surface area contributed by atoms with E-state index in [2.05, 4.69) is 24.1 Å². The van der Waals surface area contributed by atoms with Crippen molar-refractivity contribution in [2.24, 2.45) is 5.92 Å². The molecule has 0 saturated carbocycles. The van der Waals surface area contributed by atoms with E-state index >= 15 is 0 Å². The van der Waals surface area contributed by atoms with Crippen LogP contribution in [-0.4, -0.2) is 80.9 Å². The summed E-state index contributed by atoms with van der Waals surface area (Å²) in [7, 11) is 0. The molecule has 168 valence electrons. The van der Waals surface area contributed by atoms with E-state index in [0.717, 1.165) is 19.2 Å². The number of piperazine rings is 1. The van der Waals surface area contributed by atoms with Crippen LogP contribution >= 0.6 is 0 Å². The third-order valence-electron chi connectivity index (χ3n) is 5.85. The van der Waals surface area contributed by atoms with Crippen LogP contribution in [0, 0.1) is 5.92 Å². The zero-order valence-electron chi connectivity index (χ0n) is 17.6. The summed E-state index contributed by atoms with van der Waals surface area (Å²) in [4.78, 5) is 18.6. The van der Waals surface area contributed by atoms with Crippen molar-refractivity contribution in [2.45, 2.75) is 26.1 Å². The van der Waals surface area contributed by atoms with Crippen LogP contribution in [0.4, 0.5) is 23.7 Å². The number of hydrogen-bond donors (Lipinski definition) is 1. The first kappa shape index (κ1) is 22.7. The van der Waals surface area contributed by atoms with E-state index < -0.39 is 11.7 Å². The second kappa shape index (κ2) is 9.87. The highest BCUT2D eigenvalue weighted by atomic mass is 19.4. The molecule has 2 fully saturated rings. The fourth-order valence-electron chi connectivity index (χ4n) is 4.05. The van der Waals surface area contributed by atoms with E-state index in [9.17, 15) is 18.0 Å². The standard InChI is InChI=1S/C21H31F3N4O2/c1-16(2)19(27-10-12-30-13-11-27)15-25-20(29)28-8-6-26(7-9-28)18-5-3-4-17(14-18)21(22,23)24/h3-5,14,16,19H,6-13,15H2,1-2H3,(H,25,29). The average molecular weight is 428 g/mol. The number of morpholine rings is 1. The molecular formula is C21H31F3N4O2. The van der Waals surface area contributed by atoms with E-state index in [-0.39, 0.29) is 12.1 Å². The molecule has 2 heterocycles. The third kappa shape index (κ3) is 5.78. The van der Waals surface area contributed by atoms with Gasteiger partial charge in [0.05, 0.1) is 18.8 Å². The summed E-state index contributed by atoms with van der Waals surface area (Å²) in [6, 6.07) is 5.50. The number of hydrogen-bond acceptors (Lipinski definition) is 4. The summed E-state index contributed by atoms with van der Waals surface area (Å²) >= 11 is 0. The van der Waals surface area contributed by atoms with Crippen LogP contribution in [0.15, 0.2) is 24.3 Å². The molecule has 0 aromatic heterocycles. The number of urea groups is 1. The average Bonchev–Trinajstić information content (AvgIpc) is 2.74. The monoisotopic (exact) mass is 428 g/mol. The first-order valence-electron chi connectivity index (χ1n) is 10.5. The summed E-state index contributed by atoms with van der Waals surface area (Å²) < 4.78 is 44.3. The van der Waals surface area contributed by atoms with Gasteiger partial charge in [-0.3, -0.25) is 4.90 Å². The van der Waals surface area contributed by atoms with Gasteiger partial charge in [0, 0.05) is 57.5 Å². The number of carbonyl (C=O) groups excluding carboxylic acids is 1. The minimum atomic E-state index is -4.36. The van der Waals surface area contributed by atoms with Crippen molar-refractivity contribution in [1.82, 2.24) is 15.1 Å². The van der Waals surface area contributed by atoms with Gasteiger partial charge in [0.2, 0.25) is 0 Å². The molecule has 0 bridgehead atoms. The Hall–Kier alpha value is -2.00. The SMILES string of the molecule is CC(C)C(CNC(=O)N1CCN(c2cccc(C(F)(F)F)c2)CC1)N1CCOCC1. The number of alkyl halides is 3. The summed E-state index contributed by atoms with van der Waals surface area (Å²) in [6.07, 6.45) is -4.36. The van der Waals surface area contributed by atoms with Gasteiger partial charge in [-0.25, -0.2) is 4.79 Å². The van der Waals surface area contributed by atoms with Gasteiger partial charge in [0.25, 0.3) is 0 Å². The Balaban J connectivity index is 1.50. The second-order valence-corrected chi connectivity index (χ2v) is 8.17. The van der Waals surface area contributed by atoms with Crippen LogP contribution in [0.2, 0.25) is 0 Å². The first-order chi connectivity index (χ1) is 14.3. The molecular weight excluding hydrogens is 397 g/mol. The Labute approximate surface area is 175 Å². The third-order valence-corrected chi connectivity index (χ3v) is 5.85. The molecule has 9 heteroatoms. The topological polar surface area (TPSA) is 48.1 Å². The quantitative estimate of drug-likeness (QED) is 0.784. The smallest absolute Gasteiger partial charge is 0.379 e. The van der Waals surface area contributed by atoms with E-state index in [1.165, 1.54) is 12.1 Å². The Bertz CT molecular complexity index is 700.